The van der Waals surface area contributed by atoms with Gasteiger partial charge in [-0.05, 0) is 37.3 Å². The van der Waals surface area contributed by atoms with Gasteiger partial charge >= 0.3 is 0 Å². The molecule has 0 unspecified atom stereocenters. The van der Waals surface area contributed by atoms with E-state index in [-0.39, 0.29) is 12.0 Å². The standard InChI is InChI=1S/C18H17N3O2/c1-13-3-2-4-17(20-13)23-16-9-10-21(12-16)18(22)15-7-5-14(11-19)6-8-15/h2-8,16H,9-10,12H2,1H3/t16-/m0/s1. The number of nitriles is 1. The summed E-state index contributed by atoms with van der Waals surface area (Å²) in [7, 11) is 0. The fourth-order valence-electron chi connectivity index (χ4n) is 2.63. The predicted molar refractivity (Wildman–Crippen MR) is 85.1 cm³/mol. The third-order valence-electron chi connectivity index (χ3n) is 3.84. The van der Waals surface area contributed by atoms with Crippen LogP contribution in [-0.4, -0.2) is 35.0 Å². The van der Waals surface area contributed by atoms with Gasteiger partial charge < -0.3 is 9.64 Å². The number of hydrogen-bond acceptors (Lipinski definition) is 4. The Balaban J connectivity index is 1.62. The summed E-state index contributed by atoms with van der Waals surface area (Å²) in [5.41, 5.74) is 2.05. The van der Waals surface area contributed by atoms with Crippen LogP contribution < -0.4 is 4.74 Å². The summed E-state index contributed by atoms with van der Waals surface area (Å²) in [6.45, 7) is 3.13. The largest absolute Gasteiger partial charge is 0.472 e. The zero-order valence-corrected chi connectivity index (χ0v) is 12.9. The van der Waals surface area contributed by atoms with Gasteiger partial charge in [0.05, 0.1) is 18.2 Å². The molecule has 5 nitrogen and oxygen atoms in total. The molecule has 1 fully saturated rings. The topological polar surface area (TPSA) is 66.2 Å². The molecule has 0 spiro atoms. The van der Waals surface area contributed by atoms with Crippen LogP contribution in [0.25, 0.3) is 0 Å². The molecule has 23 heavy (non-hydrogen) atoms. The van der Waals surface area contributed by atoms with Crippen molar-refractivity contribution in [3.05, 3.63) is 59.3 Å². The summed E-state index contributed by atoms with van der Waals surface area (Å²) in [6.07, 6.45) is 0.754. The van der Waals surface area contributed by atoms with Crippen LogP contribution >= 0.6 is 0 Å². The number of aromatic nitrogens is 1. The minimum absolute atomic E-state index is 0.0298. The van der Waals surface area contributed by atoms with Gasteiger partial charge in [-0.15, -0.1) is 0 Å². The van der Waals surface area contributed by atoms with Gasteiger partial charge in [0.1, 0.15) is 6.10 Å². The molecule has 2 aromatic rings. The van der Waals surface area contributed by atoms with Gasteiger partial charge in [-0.25, -0.2) is 4.98 Å². The van der Waals surface area contributed by atoms with Crippen LogP contribution in [0.4, 0.5) is 0 Å². The van der Waals surface area contributed by atoms with Gasteiger partial charge in [-0.3, -0.25) is 4.79 Å². The maximum Gasteiger partial charge on any atom is 0.253 e. The first kappa shape index (κ1) is 15.0. The Labute approximate surface area is 135 Å². The quantitative estimate of drug-likeness (QED) is 0.874. The minimum Gasteiger partial charge on any atom is -0.472 e. The first-order valence-corrected chi connectivity index (χ1v) is 7.55. The van der Waals surface area contributed by atoms with E-state index in [1.165, 1.54) is 0 Å². The van der Waals surface area contributed by atoms with E-state index in [2.05, 4.69) is 4.98 Å². The van der Waals surface area contributed by atoms with Gasteiger partial charge in [-0.1, -0.05) is 6.07 Å². The van der Waals surface area contributed by atoms with E-state index in [9.17, 15) is 4.79 Å². The number of amides is 1. The van der Waals surface area contributed by atoms with E-state index in [0.717, 1.165) is 12.1 Å². The lowest BCUT2D eigenvalue weighted by atomic mass is 10.1. The molecule has 116 valence electrons. The van der Waals surface area contributed by atoms with Crippen molar-refractivity contribution in [1.82, 2.24) is 9.88 Å². The smallest absolute Gasteiger partial charge is 0.253 e. The number of pyridine rings is 1. The fraction of sp³-hybridized carbons (Fsp3) is 0.278. The Bertz CT molecular complexity index is 750. The lowest BCUT2D eigenvalue weighted by molar-refractivity contribution is 0.0771. The van der Waals surface area contributed by atoms with E-state index < -0.39 is 0 Å². The van der Waals surface area contributed by atoms with E-state index in [1.807, 2.05) is 31.2 Å². The van der Waals surface area contributed by atoms with Gasteiger partial charge in [0, 0.05) is 30.3 Å². The summed E-state index contributed by atoms with van der Waals surface area (Å²) >= 11 is 0. The molecule has 0 N–H and O–H groups in total. The van der Waals surface area contributed by atoms with Crippen molar-refractivity contribution >= 4 is 5.91 Å². The molecule has 1 aliphatic heterocycles. The van der Waals surface area contributed by atoms with Crippen LogP contribution in [0.15, 0.2) is 42.5 Å². The summed E-state index contributed by atoms with van der Waals surface area (Å²) < 4.78 is 5.86. The molecule has 1 aromatic carbocycles. The van der Waals surface area contributed by atoms with Crippen molar-refractivity contribution in [2.75, 3.05) is 13.1 Å². The zero-order chi connectivity index (χ0) is 16.2. The molecule has 0 saturated carbocycles. The Kier molecular flexibility index (Phi) is 4.24. The third-order valence-corrected chi connectivity index (χ3v) is 3.84. The van der Waals surface area contributed by atoms with Crippen molar-refractivity contribution in [1.29, 1.82) is 5.26 Å². The molecule has 5 heteroatoms. The van der Waals surface area contributed by atoms with Crippen molar-refractivity contribution < 1.29 is 9.53 Å². The van der Waals surface area contributed by atoms with Crippen molar-refractivity contribution in [2.24, 2.45) is 0 Å². The zero-order valence-electron chi connectivity index (χ0n) is 12.9. The molecule has 1 aromatic heterocycles. The number of rotatable bonds is 3. The normalized spacial score (nSPS) is 16.9. The second kappa shape index (κ2) is 6.49. The van der Waals surface area contributed by atoms with Gasteiger partial charge in [0.15, 0.2) is 0 Å². The molecule has 0 aliphatic carbocycles. The highest BCUT2D eigenvalue weighted by Crippen LogP contribution is 2.19. The lowest BCUT2D eigenvalue weighted by Gasteiger charge is -2.17. The predicted octanol–water partition coefficient (Wildman–Crippen LogP) is 2.56. The first-order valence-electron chi connectivity index (χ1n) is 7.55. The number of carbonyl (C=O) groups excluding carboxylic acids is 1. The average molecular weight is 307 g/mol. The number of hydrogen-bond donors (Lipinski definition) is 0. The SMILES string of the molecule is Cc1cccc(O[C@H]2CCN(C(=O)c3ccc(C#N)cc3)C2)n1. The van der Waals surface area contributed by atoms with Crippen molar-refractivity contribution in [2.45, 2.75) is 19.4 Å². The van der Waals surface area contributed by atoms with Crippen LogP contribution in [0.2, 0.25) is 0 Å². The number of ether oxygens (including phenoxy) is 1. The van der Waals surface area contributed by atoms with E-state index in [1.54, 1.807) is 29.2 Å². The number of aryl methyl sites for hydroxylation is 1. The summed E-state index contributed by atoms with van der Waals surface area (Å²) in [5.74, 6) is 0.570. The van der Waals surface area contributed by atoms with Gasteiger partial charge in [-0.2, -0.15) is 5.26 Å². The fourth-order valence-corrected chi connectivity index (χ4v) is 2.63. The molecule has 1 saturated heterocycles. The van der Waals surface area contributed by atoms with E-state index >= 15 is 0 Å². The summed E-state index contributed by atoms with van der Waals surface area (Å²) in [4.78, 5) is 18.6. The molecule has 2 heterocycles. The Morgan fingerprint density at radius 3 is 2.78 bits per heavy atom. The Morgan fingerprint density at radius 2 is 2.09 bits per heavy atom. The molecule has 1 atom stereocenters. The third kappa shape index (κ3) is 3.49. The Hall–Kier alpha value is -2.87. The van der Waals surface area contributed by atoms with E-state index in [4.69, 9.17) is 10.00 Å². The highest BCUT2D eigenvalue weighted by atomic mass is 16.5. The van der Waals surface area contributed by atoms with Crippen LogP contribution in [0, 0.1) is 18.3 Å². The number of benzene rings is 1. The molecule has 3 rings (SSSR count). The average Bonchev–Trinajstić information content (AvgIpc) is 3.03. The van der Waals surface area contributed by atoms with Gasteiger partial charge in [0.2, 0.25) is 5.88 Å². The van der Waals surface area contributed by atoms with Crippen molar-refractivity contribution in [3.8, 4) is 11.9 Å². The van der Waals surface area contributed by atoms with Crippen LogP contribution in [-0.2, 0) is 0 Å². The number of nitrogens with zero attached hydrogens (tertiary/aromatic N) is 3. The molecule has 0 bridgehead atoms. The molecular formula is C18H17N3O2. The van der Waals surface area contributed by atoms with E-state index in [0.29, 0.717) is 30.1 Å². The number of likely N-dealkylation sites (tertiary alicyclic amines) is 1. The second-order valence-corrected chi connectivity index (χ2v) is 5.59. The molecule has 0 radical (unpaired) electrons. The van der Waals surface area contributed by atoms with Gasteiger partial charge in [0.25, 0.3) is 5.91 Å². The molecule has 1 amide bonds. The van der Waals surface area contributed by atoms with Crippen LogP contribution in [0.1, 0.15) is 28.0 Å². The molecular weight excluding hydrogens is 290 g/mol. The maximum absolute atomic E-state index is 12.5. The second-order valence-electron chi connectivity index (χ2n) is 5.59. The van der Waals surface area contributed by atoms with Crippen LogP contribution in [0.5, 0.6) is 5.88 Å². The van der Waals surface area contributed by atoms with Crippen LogP contribution in [0.3, 0.4) is 0 Å². The highest BCUT2D eigenvalue weighted by Gasteiger charge is 2.28. The monoisotopic (exact) mass is 307 g/mol. The summed E-state index contributed by atoms with van der Waals surface area (Å²) in [6, 6.07) is 14.4. The van der Waals surface area contributed by atoms with Crippen molar-refractivity contribution in [3.63, 3.8) is 0 Å². The lowest BCUT2D eigenvalue weighted by Crippen LogP contribution is -2.31. The molecule has 1 aliphatic rings. The summed E-state index contributed by atoms with van der Waals surface area (Å²) in [5, 5.41) is 8.81. The first-order chi connectivity index (χ1) is 11.2. The maximum atomic E-state index is 12.5. The highest BCUT2D eigenvalue weighted by molar-refractivity contribution is 5.94. The number of carbonyl (C=O) groups is 1. The Morgan fingerprint density at radius 1 is 1.30 bits per heavy atom. The minimum atomic E-state index is -0.0355.